The first-order valence-electron chi connectivity index (χ1n) is 8.82. The van der Waals surface area contributed by atoms with Gasteiger partial charge in [0.15, 0.2) is 0 Å². The molecule has 26 heavy (non-hydrogen) atoms. The van der Waals surface area contributed by atoms with Gasteiger partial charge in [-0.05, 0) is 45.2 Å². The minimum Gasteiger partial charge on any atom is -0.489 e. The Balaban J connectivity index is 2.78. The second-order valence-corrected chi connectivity index (χ2v) is 8.25. The molecule has 0 saturated carbocycles. The maximum Gasteiger partial charge on any atom is 0.410 e. The molecular weight excluding hydrogens is 352 g/mol. The molecule has 0 N–H and O–H groups in total. The molecule has 5 nitrogen and oxygen atoms in total. The first kappa shape index (κ1) is 22.1. The quantitative estimate of drug-likeness (QED) is 0.647. The molecule has 0 radical (unpaired) electrons. The van der Waals surface area contributed by atoms with Crippen molar-refractivity contribution in [2.45, 2.75) is 59.2 Å². The van der Waals surface area contributed by atoms with Crippen LogP contribution in [0.25, 0.3) is 0 Å². The standard InChI is InChI=1S/C20H29ClN2O3/c1-14(2)11-17(9-10-23(6)19(24)26-20(3,4)5)25-18-12-16(21)8-7-15(18)13-22/h7-8,12,14,17H,9-11H2,1-6H3. The topological polar surface area (TPSA) is 62.6 Å². The molecule has 0 saturated heterocycles. The normalized spacial score (nSPS) is 12.4. The Kier molecular flexibility index (Phi) is 8.23. The van der Waals surface area contributed by atoms with Crippen LogP contribution in [0.15, 0.2) is 18.2 Å². The lowest BCUT2D eigenvalue weighted by Crippen LogP contribution is -2.36. The van der Waals surface area contributed by atoms with E-state index < -0.39 is 5.60 Å². The summed E-state index contributed by atoms with van der Waals surface area (Å²) in [5.74, 6) is 0.891. The van der Waals surface area contributed by atoms with E-state index in [9.17, 15) is 10.1 Å². The van der Waals surface area contributed by atoms with Crippen LogP contribution >= 0.6 is 11.6 Å². The molecule has 1 amide bonds. The van der Waals surface area contributed by atoms with Gasteiger partial charge in [-0.3, -0.25) is 0 Å². The first-order valence-corrected chi connectivity index (χ1v) is 9.20. The lowest BCUT2D eigenvalue weighted by molar-refractivity contribution is 0.0275. The zero-order valence-electron chi connectivity index (χ0n) is 16.5. The summed E-state index contributed by atoms with van der Waals surface area (Å²) in [5, 5.41) is 9.78. The van der Waals surface area contributed by atoms with Crippen LogP contribution in [0.1, 0.15) is 53.0 Å². The van der Waals surface area contributed by atoms with Gasteiger partial charge in [0, 0.05) is 31.1 Å². The van der Waals surface area contributed by atoms with Crippen LogP contribution in [-0.2, 0) is 4.74 Å². The largest absolute Gasteiger partial charge is 0.489 e. The Labute approximate surface area is 161 Å². The molecule has 0 fully saturated rings. The van der Waals surface area contributed by atoms with Crippen molar-refractivity contribution in [3.63, 3.8) is 0 Å². The first-order chi connectivity index (χ1) is 12.0. The van der Waals surface area contributed by atoms with E-state index in [0.29, 0.717) is 35.2 Å². The molecule has 1 aromatic carbocycles. The van der Waals surface area contributed by atoms with Gasteiger partial charge >= 0.3 is 6.09 Å². The average molecular weight is 381 g/mol. The van der Waals surface area contributed by atoms with Gasteiger partial charge in [0.1, 0.15) is 23.5 Å². The van der Waals surface area contributed by atoms with E-state index in [4.69, 9.17) is 21.1 Å². The van der Waals surface area contributed by atoms with Gasteiger partial charge in [0.2, 0.25) is 0 Å². The van der Waals surface area contributed by atoms with E-state index in [1.807, 2.05) is 20.8 Å². The Morgan fingerprint density at radius 1 is 1.35 bits per heavy atom. The van der Waals surface area contributed by atoms with Crippen LogP contribution in [0.5, 0.6) is 5.75 Å². The van der Waals surface area contributed by atoms with Gasteiger partial charge in [-0.25, -0.2) is 4.79 Å². The van der Waals surface area contributed by atoms with Crippen molar-refractivity contribution < 1.29 is 14.3 Å². The third-order valence-corrected chi connectivity index (χ3v) is 3.82. The number of halogens is 1. The summed E-state index contributed by atoms with van der Waals surface area (Å²) in [4.78, 5) is 13.6. The fourth-order valence-electron chi connectivity index (χ4n) is 2.39. The van der Waals surface area contributed by atoms with E-state index in [-0.39, 0.29) is 12.2 Å². The minimum atomic E-state index is -0.526. The van der Waals surface area contributed by atoms with Crippen LogP contribution in [-0.4, -0.2) is 36.3 Å². The monoisotopic (exact) mass is 380 g/mol. The number of nitriles is 1. The molecule has 0 aromatic heterocycles. The fraction of sp³-hybridized carbons (Fsp3) is 0.600. The molecule has 6 heteroatoms. The van der Waals surface area contributed by atoms with Crippen molar-refractivity contribution in [3.8, 4) is 11.8 Å². The SMILES string of the molecule is CC(C)CC(CCN(C)C(=O)OC(C)(C)C)Oc1cc(Cl)ccc1C#N. The highest BCUT2D eigenvalue weighted by atomic mass is 35.5. The van der Waals surface area contributed by atoms with E-state index in [1.165, 1.54) is 0 Å². The van der Waals surface area contributed by atoms with Crippen LogP contribution < -0.4 is 4.74 Å². The number of hydrogen-bond acceptors (Lipinski definition) is 4. The zero-order chi connectivity index (χ0) is 19.9. The molecule has 0 bridgehead atoms. The fourth-order valence-corrected chi connectivity index (χ4v) is 2.55. The van der Waals surface area contributed by atoms with Crippen LogP contribution in [0.4, 0.5) is 4.79 Å². The number of ether oxygens (including phenoxy) is 2. The summed E-state index contributed by atoms with van der Waals surface area (Å²) in [5.41, 5.74) is -0.0783. The van der Waals surface area contributed by atoms with E-state index in [1.54, 1.807) is 30.1 Å². The number of hydrogen-bond donors (Lipinski definition) is 0. The van der Waals surface area contributed by atoms with Crippen molar-refractivity contribution in [3.05, 3.63) is 28.8 Å². The van der Waals surface area contributed by atoms with Gasteiger partial charge in [0.05, 0.1) is 5.56 Å². The predicted octanol–water partition coefficient (Wildman–Crippen LogP) is 5.26. The third kappa shape index (κ3) is 7.97. The summed E-state index contributed by atoms with van der Waals surface area (Å²) >= 11 is 6.03. The Bertz CT molecular complexity index is 647. The minimum absolute atomic E-state index is 0.134. The molecular formula is C20H29ClN2O3. The lowest BCUT2D eigenvalue weighted by atomic mass is 10.0. The maximum absolute atomic E-state index is 12.1. The number of benzene rings is 1. The van der Waals surface area contributed by atoms with Crippen LogP contribution in [0.3, 0.4) is 0 Å². The third-order valence-electron chi connectivity index (χ3n) is 3.58. The number of rotatable bonds is 7. The highest BCUT2D eigenvalue weighted by molar-refractivity contribution is 6.30. The summed E-state index contributed by atoms with van der Waals surface area (Å²) < 4.78 is 11.4. The molecule has 1 rings (SSSR count). The smallest absolute Gasteiger partial charge is 0.410 e. The molecule has 1 aromatic rings. The summed E-state index contributed by atoms with van der Waals surface area (Å²) in [7, 11) is 1.71. The molecule has 0 aliphatic carbocycles. The van der Waals surface area contributed by atoms with Crippen molar-refractivity contribution in [2.24, 2.45) is 5.92 Å². The van der Waals surface area contributed by atoms with E-state index in [0.717, 1.165) is 6.42 Å². The van der Waals surface area contributed by atoms with Crippen molar-refractivity contribution in [2.75, 3.05) is 13.6 Å². The molecule has 0 aliphatic rings. The van der Waals surface area contributed by atoms with Crippen LogP contribution in [0.2, 0.25) is 5.02 Å². The van der Waals surface area contributed by atoms with Gasteiger partial charge in [-0.15, -0.1) is 0 Å². The highest BCUT2D eigenvalue weighted by Gasteiger charge is 2.22. The average Bonchev–Trinajstić information content (AvgIpc) is 2.50. The Morgan fingerprint density at radius 2 is 2.00 bits per heavy atom. The van der Waals surface area contributed by atoms with Gasteiger partial charge in [-0.2, -0.15) is 5.26 Å². The van der Waals surface area contributed by atoms with Gasteiger partial charge < -0.3 is 14.4 Å². The van der Waals surface area contributed by atoms with E-state index >= 15 is 0 Å². The summed E-state index contributed by atoms with van der Waals surface area (Å²) in [6.45, 7) is 10.2. The number of carbonyl (C=O) groups is 1. The number of nitrogens with zero attached hydrogens (tertiary/aromatic N) is 2. The molecule has 0 spiro atoms. The Morgan fingerprint density at radius 3 is 2.54 bits per heavy atom. The maximum atomic E-state index is 12.1. The highest BCUT2D eigenvalue weighted by Crippen LogP contribution is 2.26. The number of amides is 1. The Hall–Kier alpha value is -1.93. The molecule has 144 valence electrons. The lowest BCUT2D eigenvalue weighted by Gasteiger charge is -2.27. The van der Waals surface area contributed by atoms with Crippen LogP contribution in [0, 0.1) is 17.2 Å². The van der Waals surface area contributed by atoms with Gasteiger partial charge in [-0.1, -0.05) is 25.4 Å². The number of carbonyl (C=O) groups excluding carboxylic acids is 1. The molecule has 1 unspecified atom stereocenters. The summed E-state index contributed by atoms with van der Waals surface area (Å²) in [6.07, 6.45) is 0.942. The summed E-state index contributed by atoms with van der Waals surface area (Å²) in [6, 6.07) is 7.10. The van der Waals surface area contributed by atoms with E-state index in [2.05, 4.69) is 19.9 Å². The molecule has 0 heterocycles. The predicted molar refractivity (Wildman–Crippen MR) is 104 cm³/mol. The van der Waals surface area contributed by atoms with Gasteiger partial charge in [0.25, 0.3) is 0 Å². The second-order valence-electron chi connectivity index (χ2n) is 7.81. The zero-order valence-corrected chi connectivity index (χ0v) is 17.3. The van der Waals surface area contributed by atoms with Crippen molar-refractivity contribution in [1.82, 2.24) is 4.90 Å². The molecule has 0 aliphatic heterocycles. The van der Waals surface area contributed by atoms with Crippen molar-refractivity contribution in [1.29, 1.82) is 5.26 Å². The second kappa shape index (κ2) is 9.68. The molecule has 1 atom stereocenters. The van der Waals surface area contributed by atoms with Crippen molar-refractivity contribution >= 4 is 17.7 Å².